The average Bonchev–Trinajstić information content (AvgIpc) is 2.93. The van der Waals surface area contributed by atoms with E-state index < -0.39 is 10.0 Å². The van der Waals surface area contributed by atoms with E-state index in [1.807, 2.05) is 0 Å². The molecule has 0 heterocycles. The van der Waals surface area contributed by atoms with Gasteiger partial charge >= 0.3 is 0 Å². The fourth-order valence-electron chi connectivity index (χ4n) is 1.38. The summed E-state index contributed by atoms with van der Waals surface area (Å²) in [5.74, 6) is 0.577. The van der Waals surface area contributed by atoms with Crippen LogP contribution in [0.1, 0.15) is 12.8 Å². The Kier molecular flexibility index (Phi) is 3.65. The van der Waals surface area contributed by atoms with E-state index in [-0.39, 0.29) is 5.75 Å². The van der Waals surface area contributed by atoms with Crippen molar-refractivity contribution >= 4 is 49.9 Å². The van der Waals surface area contributed by atoms with Crippen LogP contribution in [0.3, 0.4) is 0 Å². The fraction of sp³-hybridized carbons (Fsp3) is 0.400. The van der Waals surface area contributed by atoms with Gasteiger partial charge in [-0.2, -0.15) is 0 Å². The molecule has 88 valence electrons. The summed E-state index contributed by atoms with van der Waals surface area (Å²) in [4.78, 5) is 0. The van der Waals surface area contributed by atoms with Gasteiger partial charge in [0.15, 0.2) is 0 Å². The van der Waals surface area contributed by atoms with E-state index in [9.17, 15) is 8.42 Å². The van der Waals surface area contributed by atoms with Gasteiger partial charge in [-0.05, 0) is 59.5 Å². The second-order valence-corrected chi connectivity index (χ2v) is 7.32. The molecular formula is C10H11ClINO2S. The van der Waals surface area contributed by atoms with Crippen LogP contribution in [-0.2, 0) is 10.0 Å². The quantitative estimate of drug-likeness (QED) is 0.827. The summed E-state index contributed by atoms with van der Waals surface area (Å²) in [6.07, 6.45) is 2.05. The highest BCUT2D eigenvalue weighted by Crippen LogP contribution is 2.31. The molecule has 3 nitrogen and oxygen atoms in total. The number of nitrogens with one attached hydrogen (secondary N) is 1. The topological polar surface area (TPSA) is 46.2 Å². The SMILES string of the molecule is O=S(=O)(CC1CC1)Nc1ccc(Cl)cc1I. The molecule has 6 heteroatoms. The van der Waals surface area contributed by atoms with Crippen LogP contribution in [0.4, 0.5) is 5.69 Å². The maximum Gasteiger partial charge on any atom is 0.233 e. The number of sulfonamides is 1. The molecular weight excluding hydrogens is 361 g/mol. The number of halogens is 2. The van der Waals surface area contributed by atoms with Crippen LogP contribution in [0.25, 0.3) is 0 Å². The number of rotatable bonds is 4. The lowest BCUT2D eigenvalue weighted by atomic mass is 10.3. The molecule has 0 aromatic heterocycles. The molecule has 0 bridgehead atoms. The minimum atomic E-state index is -3.20. The number of hydrogen-bond acceptors (Lipinski definition) is 2. The molecule has 16 heavy (non-hydrogen) atoms. The molecule has 1 aliphatic carbocycles. The molecule has 0 amide bonds. The van der Waals surface area contributed by atoms with Crippen LogP contribution in [0.5, 0.6) is 0 Å². The second-order valence-electron chi connectivity index (χ2n) is 3.95. The molecule has 0 radical (unpaired) electrons. The third-order valence-electron chi connectivity index (χ3n) is 2.35. The van der Waals surface area contributed by atoms with Crippen molar-refractivity contribution in [1.29, 1.82) is 0 Å². The Hall–Kier alpha value is -0.0100. The summed E-state index contributed by atoms with van der Waals surface area (Å²) in [5, 5.41) is 0.606. The van der Waals surface area contributed by atoms with Crippen molar-refractivity contribution in [2.45, 2.75) is 12.8 Å². The lowest BCUT2D eigenvalue weighted by molar-refractivity contribution is 0.597. The van der Waals surface area contributed by atoms with E-state index in [1.165, 1.54) is 0 Å². The molecule has 0 spiro atoms. The molecule has 1 N–H and O–H groups in total. The third-order valence-corrected chi connectivity index (χ3v) is 4.92. The zero-order valence-corrected chi connectivity index (χ0v) is 12.1. The highest BCUT2D eigenvalue weighted by atomic mass is 127. The van der Waals surface area contributed by atoms with Gasteiger partial charge < -0.3 is 0 Å². The lowest BCUT2D eigenvalue weighted by Gasteiger charge is -2.09. The number of hydrogen-bond donors (Lipinski definition) is 1. The Bertz CT molecular complexity index is 500. The van der Waals surface area contributed by atoms with E-state index >= 15 is 0 Å². The lowest BCUT2D eigenvalue weighted by Crippen LogP contribution is -2.18. The Morgan fingerprint density at radius 3 is 2.69 bits per heavy atom. The zero-order chi connectivity index (χ0) is 11.8. The van der Waals surface area contributed by atoms with Crippen molar-refractivity contribution in [3.05, 3.63) is 26.8 Å². The van der Waals surface area contributed by atoms with Gasteiger partial charge in [-0.15, -0.1) is 0 Å². The Balaban J connectivity index is 2.13. The van der Waals surface area contributed by atoms with Gasteiger partial charge in [0.1, 0.15) is 0 Å². The van der Waals surface area contributed by atoms with Crippen molar-refractivity contribution in [1.82, 2.24) is 0 Å². The normalized spacial score (nSPS) is 16.1. The van der Waals surface area contributed by atoms with E-state index in [1.54, 1.807) is 18.2 Å². The third kappa shape index (κ3) is 3.49. The van der Waals surface area contributed by atoms with Crippen LogP contribution in [-0.4, -0.2) is 14.2 Å². The van der Waals surface area contributed by atoms with Gasteiger partial charge in [0.2, 0.25) is 10.0 Å². The van der Waals surface area contributed by atoms with Crippen molar-refractivity contribution < 1.29 is 8.42 Å². The molecule has 1 saturated carbocycles. The van der Waals surface area contributed by atoms with Crippen LogP contribution < -0.4 is 4.72 Å². The van der Waals surface area contributed by atoms with Crippen molar-refractivity contribution in [3.63, 3.8) is 0 Å². The van der Waals surface area contributed by atoms with Crippen LogP contribution in [0.15, 0.2) is 18.2 Å². The van der Waals surface area contributed by atoms with E-state index in [0.717, 1.165) is 16.4 Å². The van der Waals surface area contributed by atoms with Gasteiger partial charge in [-0.1, -0.05) is 11.6 Å². The monoisotopic (exact) mass is 371 g/mol. The molecule has 1 aliphatic rings. The summed E-state index contributed by atoms with van der Waals surface area (Å²) < 4.78 is 26.9. The fourth-order valence-corrected chi connectivity index (χ4v) is 4.12. The first-order valence-corrected chi connectivity index (χ1v) is 8.03. The van der Waals surface area contributed by atoms with Gasteiger partial charge in [0, 0.05) is 8.59 Å². The summed E-state index contributed by atoms with van der Waals surface area (Å²) in [6.45, 7) is 0. The van der Waals surface area contributed by atoms with Crippen LogP contribution in [0, 0.1) is 9.49 Å². The second kappa shape index (κ2) is 4.70. The van der Waals surface area contributed by atoms with Crippen LogP contribution in [0.2, 0.25) is 5.02 Å². The first kappa shape index (κ1) is 12.4. The minimum absolute atomic E-state index is 0.228. The average molecular weight is 372 g/mol. The molecule has 1 aromatic carbocycles. The molecule has 0 saturated heterocycles. The molecule has 1 aromatic rings. The van der Waals surface area contributed by atoms with Gasteiger partial charge in [-0.3, -0.25) is 4.72 Å². The van der Waals surface area contributed by atoms with Crippen molar-refractivity contribution in [2.24, 2.45) is 5.92 Å². The van der Waals surface area contributed by atoms with Crippen LogP contribution >= 0.6 is 34.2 Å². The number of benzene rings is 1. The van der Waals surface area contributed by atoms with E-state index in [2.05, 4.69) is 27.3 Å². The molecule has 0 aliphatic heterocycles. The Labute approximate surface area is 114 Å². The molecule has 1 fully saturated rings. The van der Waals surface area contributed by atoms with Gasteiger partial charge in [0.25, 0.3) is 0 Å². The van der Waals surface area contributed by atoms with Gasteiger partial charge in [0.05, 0.1) is 11.4 Å². The highest BCUT2D eigenvalue weighted by molar-refractivity contribution is 14.1. The first-order chi connectivity index (χ1) is 7.46. The summed E-state index contributed by atoms with van der Waals surface area (Å²) >= 11 is 7.86. The number of anilines is 1. The Morgan fingerprint density at radius 1 is 1.44 bits per heavy atom. The van der Waals surface area contributed by atoms with E-state index in [0.29, 0.717) is 16.6 Å². The summed E-state index contributed by atoms with van der Waals surface area (Å²) in [5.41, 5.74) is 0.602. The zero-order valence-electron chi connectivity index (χ0n) is 8.41. The molecule has 0 atom stereocenters. The Morgan fingerprint density at radius 2 is 2.12 bits per heavy atom. The largest absolute Gasteiger partial charge is 0.282 e. The maximum absolute atomic E-state index is 11.7. The summed E-state index contributed by atoms with van der Waals surface area (Å²) in [6, 6.07) is 5.10. The first-order valence-electron chi connectivity index (χ1n) is 4.92. The van der Waals surface area contributed by atoms with Gasteiger partial charge in [-0.25, -0.2) is 8.42 Å². The standard InChI is InChI=1S/C10H11ClINO2S/c11-8-3-4-10(9(12)5-8)13-16(14,15)6-7-1-2-7/h3-5,7,13H,1-2,6H2. The minimum Gasteiger partial charge on any atom is -0.282 e. The predicted molar refractivity (Wildman–Crippen MR) is 74.3 cm³/mol. The van der Waals surface area contributed by atoms with Crippen molar-refractivity contribution in [2.75, 3.05) is 10.5 Å². The predicted octanol–water partition coefficient (Wildman–Crippen LogP) is 3.10. The smallest absolute Gasteiger partial charge is 0.233 e. The molecule has 0 unspecified atom stereocenters. The van der Waals surface area contributed by atoms with E-state index in [4.69, 9.17) is 11.6 Å². The molecule has 2 rings (SSSR count). The van der Waals surface area contributed by atoms with Crippen molar-refractivity contribution in [3.8, 4) is 0 Å². The summed E-state index contributed by atoms with van der Waals surface area (Å²) in [7, 11) is -3.20. The maximum atomic E-state index is 11.7. The highest BCUT2D eigenvalue weighted by Gasteiger charge is 2.28.